The largest absolute Gasteiger partial charge is 0.522 e. The van der Waals surface area contributed by atoms with E-state index in [1.807, 2.05) is 44.2 Å². The van der Waals surface area contributed by atoms with Gasteiger partial charge in [-0.15, -0.1) is 0 Å². The zero-order chi connectivity index (χ0) is 14.6. The Kier molecular flexibility index (Phi) is 5.33. The zero-order valence-electron chi connectivity index (χ0n) is 9.77. The fourth-order valence-electron chi connectivity index (χ4n) is 0.868. The van der Waals surface area contributed by atoms with Crippen molar-refractivity contribution in [2.24, 2.45) is 5.73 Å². The molecule has 0 amide bonds. The highest BCUT2D eigenvalue weighted by atomic mass is 32.2. The molecule has 8 heteroatoms. The summed E-state index contributed by atoms with van der Waals surface area (Å²) in [5, 5.41) is 0. The third kappa shape index (κ3) is 5.99. The first kappa shape index (κ1) is 16.9. The van der Waals surface area contributed by atoms with Gasteiger partial charge in [-0.25, -0.2) is 0 Å². The van der Waals surface area contributed by atoms with Crippen LogP contribution in [0.3, 0.4) is 0 Å². The lowest BCUT2D eigenvalue weighted by Gasteiger charge is -2.18. The highest BCUT2D eigenvalue weighted by molar-refractivity contribution is 7.86. The number of alkyl halides is 3. The van der Waals surface area contributed by atoms with Gasteiger partial charge in [-0.1, -0.05) is 30.3 Å². The van der Waals surface area contributed by atoms with Gasteiger partial charge in [-0.3, -0.25) is 4.55 Å². The minimum atomic E-state index is -5.84. The predicted octanol–water partition coefficient (Wildman–Crippen LogP) is 2.27. The maximum Gasteiger partial charge on any atom is 0.522 e. The van der Waals surface area contributed by atoms with Gasteiger partial charge < -0.3 is 5.73 Å². The van der Waals surface area contributed by atoms with Crippen LogP contribution in [0.2, 0.25) is 0 Å². The second-order valence-electron chi connectivity index (χ2n) is 4.01. The fourth-order valence-corrected chi connectivity index (χ4v) is 0.868. The summed E-state index contributed by atoms with van der Waals surface area (Å²) in [6.07, 6.45) is 0. The Bertz CT molecular complexity index is 463. The summed E-state index contributed by atoms with van der Waals surface area (Å²) in [4.78, 5) is 0. The van der Waals surface area contributed by atoms with Crippen molar-refractivity contribution >= 4 is 10.1 Å². The van der Waals surface area contributed by atoms with E-state index in [1.165, 1.54) is 5.56 Å². The van der Waals surface area contributed by atoms with Gasteiger partial charge in [0, 0.05) is 5.54 Å². The molecule has 0 saturated carbocycles. The van der Waals surface area contributed by atoms with Crippen molar-refractivity contribution in [1.82, 2.24) is 0 Å². The highest BCUT2D eigenvalue weighted by Crippen LogP contribution is 2.20. The van der Waals surface area contributed by atoms with Gasteiger partial charge in [0.25, 0.3) is 0 Å². The lowest BCUT2D eigenvalue weighted by molar-refractivity contribution is -0.0510. The number of hydrogen-bond acceptors (Lipinski definition) is 3. The predicted molar refractivity (Wildman–Crippen MR) is 61.3 cm³/mol. The normalized spacial score (nSPS) is 12.6. The molecule has 18 heavy (non-hydrogen) atoms. The van der Waals surface area contributed by atoms with E-state index in [0.717, 1.165) is 0 Å². The van der Waals surface area contributed by atoms with E-state index in [4.69, 9.17) is 18.7 Å². The summed E-state index contributed by atoms with van der Waals surface area (Å²) in [6.45, 7) is 4.00. The van der Waals surface area contributed by atoms with Crippen LogP contribution in [-0.2, 0) is 15.7 Å². The second kappa shape index (κ2) is 5.68. The van der Waals surface area contributed by atoms with Gasteiger partial charge in [0.15, 0.2) is 0 Å². The second-order valence-corrected chi connectivity index (χ2v) is 5.42. The van der Waals surface area contributed by atoms with Crippen molar-refractivity contribution in [2.45, 2.75) is 24.9 Å². The number of rotatable bonds is 1. The Morgan fingerprint density at radius 3 is 1.61 bits per heavy atom. The van der Waals surface area contributed by atoms with Crippen molar-refractivity contribution in [3.05, 3.63) is 35.9 Å². The maximum atomic E-state index is 10.7. The third-order valence-electron chi connectivity index (χ3n) is 1.81. The minimum Gasteiger partial charge on any atom is -0.322 e. The van der Waals surface area contributed by atoms with Crippen LogP contribution in [0.25, 0.3) is 0 Å². The first-order valence-electron chi connectivity index (χ1n) is 4.74. The molecule has 0 saturated heterocycles. The van der Waals surface area contributed by atoms with Gasteiger partial charge in [-0.05, 0) is 19.4 Å². The molecule has 3 N–H and O–H groups in total. The zero-order valence-corrected chi connectivity index (χ0v) is 10.6. The Morgan fingerprint density at radius 2 is 1.44 bits per heavy atom. The number of benzene rings is 1. The van der Waals surface area contributed by atoms with Crippen molar-refractivity contribution in [3.63, 3.8) is 0 Å². The number of nitrogens with two attached hydrogens (primary N) is 1. The molecule has 0 spiro atoms. The quantitative estimate of drug-likeness (QED) is 0.612. The molecule has 0 heterocycles. The Labute approximate surface area is 103 Å². The first-order chi connectivity index (χ1) is 7.86. The van der Waals surface area contributed by atoms with Crippen LogP contribution in [-0.4, -0.2) is 18.5 Å². The molecular formula is C10H14F3NO3S. The van der Waals surface area contributed by atoms with Crippen LogP contribution in [0.4, 0.5) is 13.2 Å². The molecule has 0 radical (unpaired) electrons. The molecule has 4 nitrogen and oxygen atoms in total. The first-order valence-corrected chi connectivity index (χ1v) is 6.18. The lowest BCUT2D eigenvalue weighted by Crippen LogP contribution is -2.28. The summed E-state index contributed by atoms with van der Waals surface area (Å²) in [6, 6.07) is 10.1. The molecule has 1 rings (SSSR count). The van der Waals surface area contributed by atoms with Gasteiger partial charge in [-0.2, -0.15) is 21.6 Å². The number of hydrogen-bond donors (Lipinski definition) is 2. The average Bonchev–Trinajstić information content (AvgIpc) is 2.15. The Balaban J connectivity index is 0.000000331. The molecule has 0 unspecified atom stereocenters. The lowest BCUT2D eigenvalue weighted by atomic mass is 9.96. The minimum absolute atomic E-state index is 0.207. The topological polar surface area (TPSA) is 80.4 Å². The van der Waals surface area contributed by atoms with Crippen LogP contribution in [0.1, 0.15) is 19.4 Å². The molecule has 1 aromatic rings. The smallest absolute Gasteiger partial charge is 0.322 e. The fraction of sp³-hybridized carbons (Fsp3) is 0.400. The van der Waals surface area contributed by atoms with E-state index in [2.05, 4.69) is 0 Å². The van der Waals surface area contributed by atoms with Crippen molar-refractivity contribution in [3.8, 4) is 0 Å². The van der Waals surface area contributed by atoms with Gasteiger partial charge >= 0.3 is 15.6 Å². The monoisotopic (exact) mass is 285 g/mol. The maximum absolute atomic E-state index is 10.7. The molecule has 0 aliphatic heterocycles. The van der Waals surface area contributed by atoms with E-state index in [9.17, 15) is 13.2 Å². The summed E-state index contributed by atoms with van der Waals surface area (Å²) < 4.78 is 57.5. The highest BCUT2D eigenvalue weighted by Gasteiger charge is 2.44. The average molecular weight is 285 g/mol. The van der Waals surface area contributed by atoms with Crippen LogP contribution in [0.5, 0.6) is 0 Å². The van der Waals surface area contributed by atoms with Gasteiger partial charge in [0.2, 0.25) is 0 Å². The molecule has 0 aliphatic carbocycles. The molecule has 104 valence electrons. The van der Waals surface area contributed by atoms with Crippen molar-refractivity contribution in [1.29, 1.82) is 0 Å². The molecule has 0 bridgehead atoms. The summed E-state index contributed by atoms with van der Waals surface area (Å²) >= 11 is 0. The van der Waals surface area contributed by atoms with Crippen LogP contribution >= 0.6 is 0 Å². The van der Waals surface area contributed by atoms with E-state index < -0.39 is 15.6 Å². The molecule has 1 aromatic carbocycles. The Hall–Kier alpha value is -1.12. The van der Waals surface area contributed by atoms with Crippen molar-refractivity contribution < 1.29 is 26.1 Å². The standard InChI is InChI=1S/C9H13N.CHF3O3S/c1-9(2,10)8-6-4-3-5-7-8;2-1(3,4)8(5,6)7/h3-7H,10H2,1-2H3;(H,5,6,7). The molecule has 0 aliphatic rings. The van der Waals surface area contributed by atoms with Crippen molar-refractivity contribution in [2.75, 3.05) is 0 Å². The summed E-state index contributed by atoms with van der Waals surface area (Å²) in [7, 11) is -5.84. The SMILES string of the molecule is CC(C)(N)c1ccccc1.O=S(=O)(O)C(F)(F)F. The number of halogens is 3. The van der Waals surface area contributed by atoms with Crippen LogP contribution in [0.15, 0.2) is 30.3 Å². The van der Waals surface area contributed by atoms with Crippen LogP contribution in [0, 0.1) is 0 Å². The summed E-state index contributed by atoms with van der Waals surface area (Å²) in [5.41, 5.74) is 1.29. The molecular weight excluding hydrogens is 271 g/mol. The molecule has 0 fully saturated rings. The van der Waals surface area contributed by atoms with Gasteiger partial charge in [0.05, 0.1) is 0 Å². The van der Waals surface area contributed by atoms with E-state index in [0.29, 0.717) is 0 Å². The van der Waals surface area contributed by atoms with Crippen LogP contribution < -0.4 is 5.73 Å². The molecule has 0 atom stereocenters. The third-order valence-corrected chi connectivity index (χ3v) is 2.40. The Morgan fingerprint density at radius 1 is 1.11 bits per heavy atom. The van der Waals surface area contributed by atoms with Gasteiger partial charge in [0.1, 0.15) is 0 Å². The van der Waals surface area contributed by atoms with E-state index in [1.54, 1.807) is 0 Å². The molecule has 0 aromatic heterocycles. The van der Waals surface area contributed by atoms with E-state index >= 15 is 0 Å². The van der Waals surface area contributed by atoms with E-state index in [-0.39, 0.29) is 5.54 Å². The summed E-state index contributed by atoms with van der Waals surface area (Å²) in [5.74, 6) is 0.